The molecule has 1 amide bonds. The van der Waals surface area contributed by atoms with Gasteiger partial charge in [-0.2, -0.15) is 0 Å². The first-order chi connectivity index (χ1) is 12.9. The maximum absolute atomic E-state index is 12.6. The molecule has 0 spiro atoms. The van der Waals surface area contributed by atoms with Gasteiger partial charge in [0.15, 0.2) is 5.78 Å². The number of methoxy groups -OCH3 is 1. The molecule has 7 heteroatoms. The summed E-state index contributed by atoms with van der Waals surface area (Å²) in [5.74, 6) is -1.13. The second-order valence-electron chi connectivity index (χ2n) is 7.78. The van der Waals surface area contributed by atoms with E-state index < -0.39 is 17.7 Å². The molecular formula is C21H30N2O5. The second-order valence-corrected chi connectivity index (χ2v) is 7.78. The van der Waals surface area contributed by atoms with Crippen LogP contribution >= 0.6 is 0 Å². The van der Waals surface area contributed by atoms with Crippen LogP contribution < -0.4 is 5.32 Å². The Morgan fingerprint density at radius 1 is 1.21 bits per heavy atom. The van der Waals surface area contributed by atoms with Crippen molar-refractivity contribution in [2.75, 3.05) is 26.5 Å². The molecule has 28 heavy (non-hydrogen) atoms. The van der Waals surface area contributed by atoms with Gasteiger partial charge in [-0.1, -0.05) is 19.1 Å². The lowest BCUT2D eigenvalue weighted by Gasteiger charge is -2.20. The number of carbonyl (C=O) groups is 3. The molecule has 1 rings (SSSR count). The highest BCUT2D eigenvalue weighted by atomic mass is 16.6. The van der Waals surface area contributed by atoms with Crippen molar-refractivity contribution in [1.29, 1.82) is 0 Å². The third-order valence-corrected chi connectivity index (χ3v) is 3.69. The Hall–Kier alpha value is -2.83. The van der Waals surface area contributed by atoms with Crippen LogP contribution in [0.4, 0.5) is 10.5 Å². The summed E-state index contributed by atoms with van der Waals surface area (Å²) in [7, 11) is 4.70. The van der Waals surface area contributed by atoms with Gasteiger partial charge in [0.25, 0.3) is 0 Å². The molecule has 0 aliphatic rings. The van der Waals surface area contributed by atoms with E-state index in [1.165, 1.54) is 13.3 Å². The van der Waals surface area contributed by atoms with Crippen molar-refractivity contribution in [3.05, 3.63) is 41.6 Å². The van der Waals surface area contributed by atoms with Crippen LogP contribution in [0.2, 0.25) is 0 Å². The van der Waals surface area contributed by atoms with Crippen LogP contribution in [-0.2, 0) is 19.1 Å². The molecule has 0 aromatic heterocycles. The zero-order valence-corrected chi connectivity index (χ0v) is 17.7. The number of amides is 1. The Kier molecular flexibility index (Phi) is 8.22. The zero-order valence-electron chi connectivity index (χ0n) is 17.7. The van der Waals surface area contributed by atoms with Crippen LogP contribution in [0.5, 0.6) is 0 Å². The molecule has 1 aromatic rings. The number of nitrogens with zero attached hydrogens (tertiary/aromatic N) is 1. The van der Waals surface area contributed by atoms with Crippen LogP contribution in [-0.4, -0.2) is 49.6 Å². The molecular weight excluding hydrogens is 360 g/mol. The second kappa shape index (κ2) is 9.92. The van der Waals surface area contributed by atoms with E-state index in [4.69, 9.17) is 9.47 Å². The molecule has 0 radical (unpaired) electrons. The number of ketones is 1. The van der Waals surface area contributed by atoms with Gasteiger partial charge in [-0.25, -0.2) is 9.59 Å². The van der Waals surface area contributed by atoms with Gasteiger partial charge >= 0.3 is 12.1 Å². The largest absolute Gasteiger partial charge is 0.465 e. The number of hydrogen-bond acceptors (Lipinski definition) is 6. The van der Waals surface area contributed by atoms with E-state index >= 15 is 0 Å². The number of Topliss-reactive ketones (excluding diaryl/α,β-unsaturated/α-hetero) is 1. The van der Waals surface area contributed by atoms with Gasteiger partial charge in [0, 0.05) is 32.4 Å². The molecule has 1 N–H and O–H groups in total. The van der Waals surface area contributed by atoms with E-state index in [0.29, 0.717) is 5.69 Å². The molecule has 0 saturated heterocycles. The Morgan fingerprint density at radius 2 is 1.86 bits per heavy atom. The number of nitrogens with one attached hydrogen (secondary N) is 1. The number of benzene rings is 1. The minimum atomic E-state index is -0.661. The zero-order chi connectivity index (χ0) is 21.5. The van der Waals surface area contributed by atoms with E-state index in [0.717, 1.165) is 5.56 Å². The van der Waals surface area contributed by atoms with Gasteiger partial charge in [-0.3, -0.25) is 10.1 Å². The summed E-state index contributed by atoms with van der Waals surface area (Å²) in [5.41, 5.74) is 0.839. The lowest BCUT2D eigenvalue weighted by molar-refractivity contribution is -0.138. The molecule has 0 fully saturated rings. The third kappa shape index (κ3) is 7.82. The van der Waals surface area contributed by atoms with Gasteiger partial charge in [0.1, 0.15) is 11.2 Å². The molecule has 0 heterocycles. The average Bonchev–Trinajstić information content (AvgIpc) is 2.57. The predicted octanol–water partition coefficient (Wildman–Crippen LogP) is 3.71. The first-order valence-electron chi connectivity index (χ1n) is 9.02. The van der Waals surface area contributed by atoms with Crippen molar-refractivity contribution in [2.24, 2.45) is 0 Å². The maximum atomic E-state index is 12.6. The summed E-state index contributed by atoms with van der Waals surface area (Å²) in [5, 5.41) is 2.69. The van der Waals surface area contributed by atoms with Crippen molar-refractivity contribution >= 4 is 23.5 Å². The number of anilines is 1. The van der Waals surface area contributed by atoms with Crippen molar-refractivity contribution < 1.29 is 23.9 Å². The molecule has 1 aromatic carbocycles. The van der Waals surface area contributed by atoms with Gasteiger partial charge in [0.2, 0.25) is 0 Å². The number of ether oxygens (including phenoxy) is 2. The first kappa shape index (κ1) is 23.2. The third-order valence-electron chi connectivity index (χ3n) is 3.69. The standard InChI is InChI=1S/C21H30N2O5/c1-14(11-18(24)17(13-23(5)6)19(25)27-7)15-9-8-10-16(12-15)22-20(26)28-21(2,3)4/h8-10,12-14H,11H2,1-7H3,(H,22,26). The summed E-state index contributed by atoms with van der Waals surface area (Å²) in [6, 6.07) is 7.19. The van der Waals surface area contributed by atoms with Crippen LogP contribution in [0.3, 0.4) is 0 Å². The summed E-state index contributed by atoms with van der Waals surface area (Å²) in [6.45, 7) is 7.25. The molecule has 1 unspecified atom stereocenters. The fourth-order valence-electron chi connectivity index (χ4n) is 2.46. The van der Waals surface area contributed by atoms with Gasteiger partial charge in [0.05, 0.1) is 7.11 Å². The summed E-state index contributed by atoms with van der Waals surface area (Å²) < 4.78 is 9.95. The summed E-state index contributed by atoms with van der Waals surface area (Å²) >= 11 is 0. The van der Waals surface area contributed by atoms with Crippen LogP contribution in [0.15, 0.2) is 36.0 Å². The Morgan fingerprint density at radius 3 is 2.39 bits per heavy atom. The van der Waals surface area contributed by atoms with E-state index in [-0.39, 0.29) is 23.7 Å². The Balaban J connectivity index is 2.89. The molecule has 0 bridgehead atoms. The molecule has 7 nitrogen and oxygen atoms in total. The van der Waals surface area contributed by atoms with E-state index in [2.05, 4.69) is 5.32 Å². The van der Waals surface area contributed by atoms with Crippen LogP contribution in [0.1, 0.15) is 45.6 Å². The highest BCUT2D eigenvalue weighted by Gasteiger charge is 2.22. The summed E-state index contributed by atoms with van der Waals surface area (Å²) in [4.78, 5) is 38.1. The molecule has 1 atom stereocenters. The van der Waals surface area contributed by atoms with Crippen molar-refractivity contribution in [3.8, 4) is 0 Å². The van der Waals surface area contributed by atoms with Gasteiger partial charge in [-0.05, 0) is 44.4 Å². The SMILES string of the molecule is COC(=O)C(=CN(C)C)C(=O)CC(C)c1cccc(NC(=O)OC(C)(C)C)c1. The number of carbonyl (C=O) groups excluding carboxylic acids is 3. The highest BCUT2D eigenvalue weighted by Crippen LogP contribution is 2.24. The normalized spacial score (nSPS) is 12.8. The quantitative estimate of drug-likeness (QED) is 0.331. The fourth-order valence-corrected chi connectivity index (χ4v) is 2.46. The predicted molar refractivity (Wildman–Crippen MR) is 108 cm³/mol. The molecule has 0 saturated carbocycles. The maximum Gasteiger partial charge on any atom is 0.412 e. The van der Waals surface area contributed by atoms with Crippen LogP contribution in [0.25, 0.3) is 0 Å². The molecule has 154 valence electrons. The van der Waals surface area contributed by atoms with Crippen molar-refractivity contribution in [2.45, 2.75) is 45.6 Å². The van der Waals surface area contributed by atoms with Crippen molar-refractivity contribution in [3.63, 3.8) is 0 Å². The topological polar surface area (TPSA) is 84.9 Å². The Labute approximate surface area is 166 Å². The fraction of sp³-hybridized carbons (Fsp3) is 0.476. The minimum Gasteiger partial charge on any atom is -0.465 e. The molecule has 0 aliphatic heterocycles. The average molecular weight is 390 g/mol. The first-order valence-corrected chi connectivity index (χ1v) is 9.02. The number of rotatable bonds is 7. The Bertz CT molecular complexity index is 747. The van der Waals surface area contributed by atoms with E-state index in [1.54, 1.807) is 58.0 Å². The number of esters is 1. The smallest absolute Gasteiger partial charge is 0.412 e. The lowest BCUT2D eigenvalue weighted by atomic mass is 9.93. The summed E-state index contributed by atoms with van der Waals surface area (Å²) in [6.07, 6.45) is 1.04. The lowest BCUT2D eigenvalue weighted by Crippen LogP contribution is -2.27. The van der Waals surface area contributed by atoms with E-state index in [1.807, 2.05) is 13.0 Å². The van der Waals surface area contributed by atoms with E-state index in [9.17, 15) is 14.4 Å². The van der Waals surface area contributed by atoms with Crippen molar-refractivity contribution in [1.82, 2.24) is 4.90 Å². The van der Waals surface area contributed by atoms with Crippen LogP contribution in [0, 0.1) is 0 Å². The highest BCUT2D eigenvalue weighted by molar-refractivity contribution is 6.17. The number of hydrogen-bond donors (Lipinski definition) is 1. The molecule has 0 aliphatic carbocycles. The van der Waals surface area contributed by atoms with Gasteiger partial charge < -0.3 is 14.4 Å². The monoisotopic (exact) mass is 390 g/mol. The van der Waals surface area contributed by atoms with Gasteiger partial charge in [-0.15, -0.1) is 0 Å². The minimum absolute atomic E-state index is 0.00221.